The molecule has 0 spiro atoms. The van der Waals surface area contributed by atoms with E-state index in [0.717, 1.165) is 17.0 Å². The third-order valence-electron chi connectivity index (χ3n) is 3.49. The van der Waals surface area contributed by atoms with Crippen molar-refractivity contribution in [3.8, 4) is 17.2 Å². The van der Waals surface area contributed by atoms with E-state index in [-0.39, 0.29) is 11.0 Å². The van der Waals surface area contributed by atoms with Crippen molar-refractivity contribution in [2.75, 3.05) is 26.1 Å². The zero-order chi connectivity index (χ0) is 19.6. The van der Waals surface area contributed by atoms with Gasteiger partial charge in [0, 0.05) is 11.8 Å². The number of hydrogen-bond acceptors (Lipinski definition) is 5. The normalized spacial score (nSPS) is 10.3. The van der Waals surface area contributed by atoms with Gasteiger partial charge in [0.25, 0.3) is 0 Å². The first-order valence-corrected chi connectivity index (χ1v) is 8.71. The highest BCUT2D eigenvalue weighted by Crippen LogP contribution is 2.27. The molecule has 2 aromatic carbocycles. The van der Waals surface area contributed by atoms with Gasteiger partial charge in [-0.15, -0.1) is 0 Å². The first kappa shape index (κ1) is 20.3. The fraction of sp³-hybridized carbons (Fsp3) is 0.200. The summed E-state index contributed by atoms with van der Waals surface area (Å²) in [6, 6.07) is 12.7. The van der Waals surface area contributed by atoms with Crippen molar-refractivity contribution in [1.82, 2.24) is 5.32 Å². The first-order valence-electron chi connectivity index (χ1n) is 8.30. The Balaban J connectivity index is 1.90. The molecule has 2 aromatic rings. The van der Waals surface area contributed by atoms with Crippen molar-refractivity contribution in [3.63, 3.8) is 0 Å². The highest BCUT2D eigenvalue weighted by molar-refractivity contribution is 7.80. The van der Waals surface area contributed by atoms with Gasteiger partial charge in [-0.25, -0.2) is 0 Å². The molecular weight excluding hydrogens is 364 g/mol. The largest absolute Gasteiger partial charge is 0.494 e. The second-order valence-corrected chi connectivity index (χ2v) is 5.76. The molecule has 27 heavy (non-hydrogen) atoms. The van der Waals surface area contributed by atoms with Crippen LogP contribution in [0.3, 0.4) is 0 Å². The average Bonchev–Trinajstić information content (AvgIpc) is 2.67. The zero-order valence-corrected chi connectivity index (χ0v) is 16.3. The van der Waals surface area contributed by atoms with Gasteiger partial charge >= 0.3 is 0 Å². The minimum atomic E-state index is -0.340. The lowest BCUT2D eigenvalue weighted by Gasteiger charge is -2.09. The summed E-state index contributed by atoms with van der Waals surface area (Å²) >= 11 is 5.15. The Morgan fingerprint density at radius 1 is 1.07 bits per heavy atom. The molecule has 1 amide bonds. The third-order valence-corrected chi connectivity index (χ3v) is 3.70. The van der Waals surface area contributed by atoms with Crippen molar-refractivity contribution in [3.05, 3.63) is 54.1 Å². The van der Waals surface area contributed by atoms with Crippen molar-refractivity contribution >= 4 is 35.0 Å². The Kier molecular flexibility index (Phi) is 7.63. The summed E-state index contributed by atoms with van der Waals surface area (Å²) in [6.45, 7) is 2.53. The summed E-state index contributed by atoms with van der Waals surface area (Å²) in [5.41, 5.74) is 1.56. The average molecular weight is 386 g/mol. The van der Waals surface area contributed by atoms with Crippen LogP contribution in [0, 0.1) is 0 Å². The number of benzene rings is 2. The fourth-order valence-electron chi connectivity index (χ4n) is 2.25. The van der Waals surface area contributed by atoms with Crippen molar-refractivity contribution in [1.29, 1.82) is 0 Å². The van der Waals surface area contributed by atoms with Crippen LogP contribution in [0.15, 0.2) is 48.5 Å². The van der Waals surface area contributed by atoms with Gasteiger partial charge in [0.2, 0.25) is 5.91 Å². The maximum atomic E-state index is 12.0. The van der Waals surface area contributed by atoms with Gasteiger partial charge in [-0.05, 0) is 67.2 Å². The minimum Gasteiger partial charge on any atom is -0.494 e. The van der Waals surface area contributed by atoms with Crippen molar-refractivity contribution in [2.45, 2.75) is 6.92 Å². The van der Waals surface area contributed by atoms with Crippen LogP contribution in [-0.4, -0.2) is 31.8 Å². The zero-order valence-electron chi connectivity index (χ0n) is 15.4. The molecule has 7 heteroatoms. The lowest BCUT2D eigenvalue weighted by atomic mass is 10.2. The van der Waals surface area contributed by atoms with Crippen LogP contribution in [0.5, 0.6) is 17.2 Å². The van der Waals surface area contributed by atoms with E-state index in [1.165, 1.54) is 6.08 Å². The van der Waals surface area contributed by atoms with Gasteiger partial charge in [0.15, 0.2) is 16.6 Å². The SMILES string of the molecule is CCOc1ccc(NC(=S)NC(=O)/C=C/c2ccc(OC)c(OC)c2)cc1. The second-order valence-electron chi connectivity index (χ2n) is 5.35. The Labute approximate surface area is 164 Å². The molecule has 0 saturated carbocycles. The number of carbonyl (C=O) groups excluding carboxylic acids is 1. The molecule has 2 rings (SSSR count). The number of methoxy groups -OCH3 is 2. The Hall–Kier alpha value is -3.06. The summed E-state index contributed by atoms with van der Waals surface area (Å²) in [5.74, 6) is 1.65. The Morgan fingerprint density at radius 2 is 1.78 bits per heavy atom. The molecule has 0 aromatic heterocycles. The molecule has 0 atom stereocenters. The van der Waals surface area contributed by atoms with Crippen LogP contribution in [0.1, 0.15) is 12.5 Å². The Morgan fingerprint density at radius 3 is 2.41 bits per heavy atom. The molecule has 0 heterocycles. The van der Waals surface area contributed by atoms with Gasteiger partial charge < -0.3 is 19.5 Å². The highest BCUT2D eigenvalue weighted by atomic mass is 32.1. The van der Waals surface area contributed by atoms with Crippen LogP contribution in [-0.2, 0) is 4.79 Å². The van der Waals surface area contributed by atoms with Crippen LogP contribution in [0.2, 0.25) is 0 Å². The van der Waals surface area contributed by atoms with Gasteiger partial charge in [-0.3, -0.25) is 10.1 Å². The standard InChI is InChI=1S/C20H22N2O4S/c1-4-26-16-9-7-15(8-10-16)21-20(27)22-19(23)12-6-14-5-11-17(24-2)18(13-14)25-3/h5-13H,4H2,1-3H3,(H2,21,22,23,27)/b12-6+. The summed E-state index contributed by atoms with van der Waals surface area (Å²) in [7, 11) is 3.13. The lowest BCUT2D eigenvalue weighted by molar-refractivity contribution is -0.115. The fourth-order valence-corrected chi connectivity index (χ4v) is 2.46. The van der Waals surface area contributed by atoms with Crippen molar-refractivity contribution < 1.29 is 19.0 Å². The molecule has 0 radical (unpaired) electrons. The number of anilines is 1. The number of hydrogen-bond donors (Lipinski definition) is 2. The van der Waals surface area contributed by atoms with Gasteiger partial charge in [0.05, 0.1) is 20.8 Å². The number of carbonyl (C=O) groups is 1. The quantitative estimate of drug-likeness (QED) is 0.559. The summed E-state index contributed by atoms with van der Waals surface area (Å²) in [4.78, 5) is 12.0. The van der Waals surface area contributed by atoms with Crippen molar-refractivity contribution in [2.24, 2.45) is 0 Å². The van der Waals surface area contributed by atoms with Crippen LogP contribution >= 0.6 is 12.2 Å². The second kappa shape index (κ2) is 10.2. The Bertz CT molecular complexity index is 819. The smallest absolute Gasteiger partial charge is 0.250 e. The predicted molar refractivity (Wildman–Crippen MR) is 111 cm³/mol. The van der Waals surface area contributed by atoms with E-state index in [9.17, 15) is 4.79 Å². The molecule has 0 aliphatic heterocycles. The number of ether oxygens (including phenoxy) is 3. The van der Waals surface area contributed by atoms with E-state index in [2.05, 4.69) is 10.6 Å². The molecule has 0 aliphatic carbocycles. The van der Waals surface area contributed by atoms with E-state index >= 15 is 0 Å². The molecule has 0 bridgehead atoms. The summed E-state index contributed by atoms with van der Waals surface area (Å²) in [5, 5.41) is 5.75. The highest BCUT2D eigenvalue weighted by Gasteiger charge is 2.05. The van der Waals surface area contributed by atoms with Crippen LogP contribution in [0.25, 0.3) is 6.08 Å². The molecular formula is C20H22N2O4S. The van der Waals surface area contributed by atoms with Gasteiger partial charge in [0.1, 0.15) is 5.75 Å². The molecule has 0 unspecified atom stereocenters. The maximum Gasteiger partial charge on any atom is 0.250 e. The molecule has 0 fully saturated rings. The molecule has 142 valence electrons. The summed E-state index contributed by atoms with van der Waals surface area (Å²) in [6.07, 6.45) is 3.06. The van der Waals surface area contributed by atoms with E-state index in [4.69, 9.17) is 26.4 Å². The molecule has 6 nitrogen and oxygen atoms in total. The number of rotatable bonds is 7. The minimum absolute atomic E-state index is 0.209. The number of nitrogens with one attached hydrogen (secondary N) is 2. The first-order chi connectivity index (χ1) is 13.0. The molecule has 0 saturated heterocycles. The third kappa shape index (κ3) is 6.31. The van der Waals surface area contributed by atoms with E-state index in [1.807, 2.05) is 37.3 Å². The van der Waals surface area contributed by atoms with E-state index in [1.54, 1.807) is 32.4 Å². The number of amides is 1. The molecule has 2 N–H and O–H groups in total. The maximum absolute atomic E-state index is 12.0. The topological polar surface area (TPSA) is 68.8 Å². The van der Waals surface area contributed by atoms with Crippen LogP contribution in [0.4, 0.5) is 5.69 Å². The van der Waals surface area contributed by atoms with E-state index < -0.39 is 0 Å². The van der Waals surface area contributed by atoms with Gasteiger partial charge in [-0.1, -0.05) is 6.07 Å². The van der Waals surface area contributed by atoms with Crippen LogP contribution < -0.4 is 24.8 Å². The predicted octanol–water partition coefficient (Wildman–Crippen LogP) is 3.63. The van der Waals surface area contributed by atoms with Gasteiger partial charge in [-0.2, -0.15) is 0 Å². The number of thiocarbonyl (C=S) groups is 1. The lowest BCUT2D eigenvalue weighted by Crippen LogP contribution is -2.32. The van der Waals surface area contributed by atoms with E-state index in [0.29, 0.717) is 18.1 Å². The molecule has 0 aliphatic rings. The monoisotopic (exact) mass is 386 g/mol. The summed E-state index contributed by atoms with van der Waals surface area (Å²) < 4.78 is 15.8.